The Balaban J connectivity index is 4.74. The minimum absolute atomic E-state index is 0.199. The first kappa shape index (κ1) is 14.8. The van der Waals surface area contributed by atoms with Crippen molar-refractivity contribution in [3.8, 4) is 0 Å². The lowest BCUT2D eigenvalue weighted by Gasteiger charge is -2.25. The Morgan fingerprint density at radius 2 is 1.31 bits per heavy atom. The Kier molecular flexibility index (Phi) is 4.41. The lowest BCUT2D eigenvalue weighted by molar-refractivity contribution is -0.161. The molecule has 0 aliphatic heterocycles. The van der Waals surface area contributed by atoms with Gasteiger partial charge in [0.05, 0.1) is 11.8 Å². The van der Waals surface area contributed by atoms with E-state index < -0.39 is 17.0 Å². The fourth-order valence-electron chi connectivity index (χ4n) is 1.16. The second kappa shape index (κ2) is 4.76. The van der Waals surface area contributed by atoms with Crippen molar-refractivity contribution in [3.05, 3.63) is 0 Å². The molecular weight excluding hydrogens is 208 g/mol. The van der Waals surface area contributed by atoms with Crippen LogP contribution < -0.4 is 0 Å². The lowest BCUT2D eigenvalue weighted by atomic mass is 9.79. The minimum Gasteiger partial charge on any atom is -0.460 e. The van der Waals surface area contributed by atoms with Crippen molar-refractivity contribution in [2.75, 3.05) is 0 Å². The summed E-state index contributed by atoms with van der Waals surface area (Å²) in [4.78, 5) is 34.3. The molecule has 0 aliphatic rings. The number of ketones is 2. The van der Waals surface area contributed by atoms with E-state index in [9.17, 15) is 14.4 Å². The highest BCUT2D eigenvalue weighted by molar-refractivity contribution is 6.07. The normalized spacial score (nSPS) is 12.1. The van der Waals surface area contributed by atoms with Gasteiger partial charge in [0, 0.05) is 0 Å². The van der Waals surface area contributed by atoms with Crippen molar-refractivity contribution in [2.24, 2.45) is 5.41 Å². The molecule has 0 bridgehead atoms. The van der Waals surface area contributed by atoms with Crippen LogP contribution in [0.15, 0.2) is 0 Å². The number of carbonyl (C=O) groups is 3. The van der Waals surface area contributed by atoms with Gasteiger partial charge in [-0.05, 0) is 41.5 Å². The van der Waals surface area contributed by atoms with Crippen LogP contribution in [0.1, 0.15) is 48.0 Å². The van der Waals surface area contributed by atoms with Gasteiger partial charge in [0.2, 0.25) is 0 Å². The SMILES string of the molecule is CC(=O)C(C)(CC(=O)OC(C)(C)C)C(C)=O. The summed E-state index contributed by atoms with van der Waals surface area (Å²) in [5, 5.41) is 0. The molecule has 0 aromatic carbocycles. The van der Waals surface area contributed by atoms with E-state index >= 15 is 0 Å². The largest absolute Gasteiger partial charge is 0.460 e. The molecule has 4 nitrogen and oxygen atoms in total. The maximum absolute atomic E-state index is 11.6. The molecule has 0 aromatic rings. The van der Waals surface area contributed by atoms with Crippen molar-refractivity contribution in [1.82, 2.24) is 0 Å². The first-order valence-corrected chi connectivity index (χ1v) is 5.23. The van der Waals surface area contributed by atoms with E-state index in [4.69, 9.17) is 4.74 Å². The quantitative estimate of drug-likeness (QED) is 0.544. The van der Waals surface area contributed by atoms with Crippen molar-refractivity contribution in [2.45, 2.75) is 53.6 Å². The first-order chi connectivity index (χ1) is 6.99. The van der Waals surface area contributed by atoms with Crippen molar-refractivity contribution in [1.29, 1.82) is 0 Å². The number of ether oxygens (including phenoxy) is 1. The van der Waals surface area contributed by atoms with Gasteiger partial charge in [-0.1, -0.05) is 0 Å². The third-order valence-corrected chi connectivity index (χ3v) is 2.47. The zero-order valence-corrected chi connectivity index (χ0v) is 10.8. The fraction of sp³-hybridized carbons (Fsp3) is 0.750. The van der Waals surface area contributed by atoms with Crippen molar-refractivity contribution < 1.29 is 19.1 Å². The fourth-order valence-corrected chi connectivity index (χ4v) is 1.16. The average Bonchev–Trinajstić information content (AvgIpc) is 1.98. The highest BCUT2D eigenvalue weighted by atomic mass is 16.6. The van der Waals surface area contributed by atoms with Crippen LogP contribution in [-0.2, 0) is 19.1 Å². The van der Waals surface area contributed by atoms with Crippen LogP contribution in [0.25, 0.3) is 0 Å². The lowest BCUT2D eigenvalue weighted by Crippen LogP contribution is -2.37. The number of hydrogen-bond acceptors (Lipinski definition) is 4. The maximum atomic E-state index is 11.6. The topological polar surface area (TPSA) is 60.4 Å². The number of Topliss-reactive ketones (excluding diaryl/α,β-unsaturated/α-hetero) is 2. The van der Waals surface area contributed by atoms with E-state index in [1.54, 1.807) is 20.8 Å². The molecular formula is C12H20O4. The third-order valence-electron chi connectivity index (χ3n) is 2.47. The molecule has 0 amide bonds. The van der Waals surface area contributed by atoms with Crippen molar-refractivity contribution in [3.63, 3.8) is 0 Å². The molecule has 16 heavy (non-hydrogen) atoms. The molecule has 92 valence electrons. The van der Waals surface area contributed by atoms with Crippen LogP contribution >= 0.6 is 0 Å². The van der Waals surface area contributed by atoms with Crippen LogP contribution in [0, 0.1) is 5.41 Å². The Labute approximate surface area is 96.4 Å². The van der Waals surface area contributed by atoms with Gasteiger partial charge in [0.25, 0.3) is 0 Å². The van der Waals surface area contributed by atoms with E-state index in [0.29, 0.717) is 0 Å². The number of rotatable bonds is 4. The Bertz CT molecular complexity index is 295. The third kappa shape index (κ3) is 4.13. The van der Waals surface area contributed by atoms with E-state index in [1.807, 2.05) is 0 Å². The monoisotopic (exact) mass is 228 g/mol. The molecule has 0 atom stereocenters. The Morgan fingerprint density at radius 3 is 1.56 bits per heavy atom. The number of esters is 1. The van der Waals surface area contributed by atoms with Crippen LogP contribution in [0.3, 0.4) is 0 Å². The standard InChI is InChI=1S/C12H20O4/c1-8(13)12(6,9(2)14)7-10(15)16-11(3,4)5/h7H2,1-6H3. The van der Waals surface area contributed by atoms with E-state index in [1.165, 1.54) is 20.8 Å². The van der Waals surface area contributed by atoms with Gasteiger partial charge >= 0.3 is 5.97 Å². The van der Waals surface area contributed by atoms with Crippen molar-refractivity contribution >= 4 is 17.5 Å². The molecule has 0 unspecified atom stereocenters. The summed E-state index contributed by atoms with van der Waals surface area (Å²) in [6.07, 6.45) is -0.199. The highest BCUT2D eigenvalue weighted by Gasteiger charge is 2.38. The molecule has 0 saturated carbocycles. The molecule has 0 rings (SSSR count). The number of carbonyl (C=O) groups excluding carboxylic acids is 3. The smallest absolute Gasteiger partial charge is 0.307 e. The zero-order valence-electron chi connectivity index (χ0n) is 10.8. The van der Waals surface area contributed by atoms with Gasteiger partial charge in [-0.15, -0.1) is 0 Å². The van der Waals surface area contributed by atoms with Crippen LogP contribution in [0.4, 0.5) is 0 Å². The molecule has 4 heteroatoms. The Morgan fingerprint density at radius 1 is 0.938 bits per heavy atom. The maximum Gasteiger partial charge on any atom is 0.307 e. The molecule has 0 saturated heterocycles. The van der Waals surface area contributed by atoms with Crippen LogP contribution in [0.5, 0.6) is 0 Å². The van der Waals surface area contributed by atoms with Gasteiger partial charge in [-0.25, -0.2) is 0 Å². The average molecular weight is 228 g/mol. The second-order valence-electron chi connectivity index (χ2n) is 5.21. The highest BCUT2D eigenvalue weighted by Crippen LogP contribution is 2.25. The van der Waals surface area contributed by atoms with Gasteiger partial charge < -0.3 is 4.74 Å². The summed E-state index contributed by atoms with van der Waals surface area (Å²) in [7, 11) is 0. The predicted octanol–water partition coefficient (Wildman–Crippen LogP) is 1.90. The minimum atomic E-state index is -1.26. The van der Waals surface area contributed by atoms with E-state index in [2.05, 4.69) is 0 Å². The summed E-state index contributed by atoms with van der Waals surface area (Å²) in [5.41, 5.74) is -1.87. The molecule has 0 N–H and O–H groups in total. The molecule has 0 radical (unpaired) electrons. The second-order valence-corrected chi connectivity index (χ2v) is 5.21. The Hall–Kier alpha value is -1.19. The van der Waals surface area contributed by atoms with Gasteiger partial charge in [-0.2, -0.15) is 0 Å². The molecule has 0 fully saturated rings. The molecule has 0 heterocycles. The summed E-state index contributed by atoms with van der Waals surface area (Å²) < 4.78 is 5.09. The van der Waals surface area contributed by atoms with Gasteiger partial charge in [-0.3, -0.25) is 14.4 Å². The molecule has 0 aliphatic carbocycles. The summed E-state index contributed by atoms with van der Waals surface area (Å²) >= 11 is 0. The predicted molar refractivity (Wildman–Crippen MR) is 59.9 cm³/mol. The number of hydrogen-bond donors (Lipinski definition) is 0. The van der Waals surface area contributed by atoms with Gasteiger partial charge in [0.15, 0.2) is 0 Å². The molecule has 0 aromatic heterocycles. The summed E-state index contributed by atoms with van der Waals surface area (Å²) in [6, 6.07) is 0. The zero-order chi connectivity index (χ0) is 13.1. The van der Waals surface area contributed by atoms with Crippen LogP contribution in [0.2, 0.25) is 0 Å². The summed E-state index contributed by atoms with van der Waals surface area (Å²) in [6.45, 7) is 9.32. The van der Waals surface area contributed by atoms with E-state index in [-0.39, 0.29) is 18.0 Å². The summed E-state index contributed by atoms with van der Waals surface area (Å²) in [5.74, 6) is -1.16. The first-order valence-electron chi connectivity index (χ1n) is 5.23. The van der Waals surface area contributed by atoms with Gasteiger partial charge in [0.1, 0.15) is 17.2 Å². The van der Waals surface area contributed by atoms with E-state index in [0.717, 1.165) is 0 Å². The van der Waals surface area contributed by atoms with Crippen LogP contribution in [-0.4, -0.2) is 23.1 Å². The molecule has 0 spiro atoms.